The van der Waals surface area contributed by atoms with Crippen molar-refractivity contribution in [3.63, 3.8) is 0 Å². The van der Waals surface area contributed by atoms with Gasteiger partial charge in [0.15, 0.2) is 0 Å². The van der Waals surface area contributed by atoms with Gasteiger partial charge in [-0.1, -0.05) is 0 Å². The quantitative estimate of drug-likeness (QED) is 0.716. The van der Waals surface area contributed by atoms with Crippen LogP contribution in [0.1, 0.15) is 23.2 Å². The molecule has 17 heavy (non-hydrogen) atoms. The molecule has 0 heterocycles. The van der Waals surface area contributed by atoms with Crippen molar-refractivity contribution in [2.24, 2.45) is 5.73 Å². The molecule has 0 bridgehead atoms. The largest absolute Gasteiger partial charge is 0.488 e. The van der Waals surface area contributed by atoms with E-state index in [1.807, 2.05) is 0 Å². The van der Waals surface area contributed by atoms with Crippen LogP contribution in [0.3, 0.4) is 0 Å². The van der Waals surface area contributed by atoms with E-state index < -0.39 is 12.1 Å². The number of hydrogen-bond acceptors (Lipinski definition) is 4. The van der Waals surface area contributed by atoms with Crippen LogP contribution in [0, 0.1) is 0 Å². The normalized spacial score (nSPS) is 28.0. The Hall–Kier alpha value is -1.59. The van der Waals surface area contributed by atoms with Gasteiger partial charge >= 0.3 is 5.97 Å². The predicted octanol–water partition coefficient (Wildman–Crippen LogP) is 0.614. The topological polar surface area (TPSA) is 92.8 Å². The van der Waals surface area contributed by atoms with Gasteiger partial charge in [0.25, 0.3) is 0 Å². The van der Waals surface area contributed by atoms with E-state index in [1.165, 1.54) is 12.1 Å². The first-order valence-corrected chi connectivity index (χ1v) is 5.51. The Bertz CT molecular complexity index is 403. The highest BCUT2D eigenvalue weighted by Crippen LogP contribution is 2.24. The van der Waals surface area contributed by atoms with E-state index in [9.17, 15) is 9.90 Å². The molecular weight excluding hydrogens is 222 g/mol. The summed E-state index contributed by atoms with van der Waals surface area (Å²) in [7, 11) is 0. The molecule has 0 radical (unpaired) electrons. The lowest BCUT2D eigenvalue weighted by Crippen LogP contribution is -2.37. The number of benzene rings is 1. The van der Waals surface area contributed by atoms with Crippen LogP contribution in [0.5, 0.6) is 5.75 Å². The summed E-state index contributed by atoms with van der Waals surface area (Å²) in [6.07, 6.45) is 0.483. The van der Waals surface area contributed by atoms with Gasteiger partial charge in [0.2, 0.25) is 0 Å². The Labute approximate surface area is 98.8 Å². The molecule has 1 saturated carbocycles. The molecule has 1 aliphatic rings. The van der Waals surface area contributed by atoms with Crippen LogP contribution in [0.15, 0.2) is 24.3 Å². The third-order valence-corrected chi connectivity index (χ3v) is 2.99. The number of rotatable bonds is 3. The predicted molar refractivity (Wildman–Crippen MR) is 61.0 cm³/mol. The molecule has 5 heteroatoms. The number of nitrogens with two attached hydrogens (primary N) is 1. The molecule has 1 fully saturated rings. The van der Waals surface area contributed by atoms with E-state index in [-0.39, 0.29) is 17.7 Å². The molecule has 4 N–H and O–H groups in total. The number of carbonyl (C=O) groups is 1. The summed E-state index contributed by atoms with van der Waals surface area (Å²) in [5.74, 6) is -0.423. The molecule has 1 aromatic carbocycles. The maximum atomic E-state index is 10.7. The fourth-order valence-electron chi connectivity index (χ4n) is 1.95. The third-order valence-electron chi connectivity index (χ3n) is 2.99. The lowest BCUT2D eigenvalue weighted by atomic mass is 10.2. The van der Waals surface area contributed by atoms with Crippen LogP contribution < -0.4 is 10.5 Å². The SMILES string of the molecule is NC1CCC(Oc2ccc(C(=O)O)cc2)C1O. The van der Waals surface area contributed by atoms with Gasteiger partial charge in [-0.3, -0.25) is 0 Å². The van der Waals surface area contributed by atoms with E-state index in [4.69, 9.17) is 15.6 Å². The van der Waals surface area contributed by atoms with Gasteiger partial charge in [-0.15, -0.1) is 0 Å². The first-order chi connectivity index (χ1) is 8.08. The van der Waals surface area contributed by atoms with Crippen molar-refractivity contribution in [2.75, 3.05) is 0 Å². The lowest BCUT2D eigenvalue weighted by Gasteiger charge is -2.18. The Morgan fingerprint density at radius 2 is 1.94 bits per heavy atom. The highest BCUT2D eigenvalue weighted by molar-refractivity contribution is 5.87. The average Bonchev–Trinajstić information content (AvgIpc) is 2.62. The number of carboxylic acids is 1. The van der Waals surface area contributed by atoms with Crippen molar-refractivity contribution in [2.45, 2.75) is 31.1 Å². The maximum Gasteiger partial charge on any atom is 0.335 e. The van der Waals surface area contributed by atoms with Crippen LogP contribution in [0.25, 0.3) is 0 Å². The molecule has 1 aliphatic carbocycles. The highest BCUT2D eigenvalue weighted by atomic mass is 16.5. The molecule has 0 aromatic heterocycles. The second-order valence-electron chi connectivity index (χ2n) is 4.22. The molecule has 0 spiro atoms. The third kappa shape index (κ3) is 2.57. The number of hydrogen-bond donors (Lipinski definition) is 3. The molecule has 2 rings (SSSR count). The van der Waals surface area contributed by atoms with Crippen molar-refractivity contribution < 1.29 is 19.7 Å². The standard InChI is InChI=1S/C12H15NO4/c13-9-5-6-10(11(9)14)17-8-3-1-7(2-4-8)12(15)16/h1-4,9-11,14H,5-6,13H2,(H,15,16). The van der Waals surface area contributed by atoms with Gasteiger partial charge in [-0.25, -0.2) is 4.79 Å². The molecule has 92 valence electrons. The molecule has 0 amide bonds. The first-order valence-electron chi connectivity index (χ1n) is 5.51. The second-order valence-corrected chi connectivity index (χ2v) is 4.22. The van der Waals surface area contributed by atoms with E-state index in [2.05, 4.69) is 0 Å². The lowest BCUT2D eigenvalue weighted by molar-refractivity contribution is 0.0521. The number of aromatic carboxylic acids is 1. The van der Waals surface area contributed by atoms with Crippen molar-refractivity contribution in [1.29, 1.82) is 0 Å². The number of aliphatic hydroxyl groups excluding tert-OH is 1. The zero-order valence-corrected chi connectivity index (χ0v) is 9.24. The molecular formula is C12H15NO4. The van der Waals surface area contributed by atoms with E-state index in [1.54, 1.807) is 12.1 Å². The van der Waals surface area contributed by atoms with Crippen LogP contribution in [-0.2, 0) is 0 Å². The van der Waals surface area contributed by atoms with Crippen molar-refractivity contribution in [3.8, 4) is 5.75 Å². The Balaban J connectivity index is 2.02. The Morgan fingerprint density at radius 3 is 2.41 bits per heavy atom. The fourth-order valence-corrected chi connectivity index (χ4v) is 1.95. The van der Waals surface area contributed by atoms with Crippen LogP contribution in [0.4, 0.5) is 0 Å². The fraction of sp³-hybridized carbons (Fsp3) is 0.417. The van der Waals surface area contributed by atoms with Gasteiger partial charge in [0.1, 0.15) is 18.0 Å². The summed E-state index contributed by atoms with van der Waals surface area (Å²) in [5, 5.41) is 18.5. The molecule has 1 aromatic rings. The molecule has 0 aliphatic heterocycles. The molecule has 5 nitrogen and oxygen atoms in total. The van der Waals surface area contributed by atoms with Gasteiger partial charge in [-0.2, -0.15) is 0 Å². The molecule has 0 saturated heterocycles. The Kier molecular flexibility index (Phi) is 3.31. The van der Waals surface area contributed by atoms with Crippen LogP contribution in [0.2, 0.25) is 0 Å². The van der Waals surface area contributed by atoms with Gasteiger partial charge in [0, 0.05) is 6.04 Å². The van der Waals surface area contributed by atoms with E-state index in [0.717, 1.165) is 6.42 Å². The number of carboxylic acid groups (broad SMARTS) is 1. The van der Waals surface area contributed by atoms with Gasteiger partial charge < -0.3 is 20.7 Å². The van der Waals surface area contributed by atoms with Crippen molar-refractivity contribution in [1.82, 2.24) is 0 Å². The summed E-state index contributed by atoms with van der Waals surface area (Å²) >= 11 is 0. The van der Waals surface area contributed by atoms with Crippen molar-refractivity contribution in [3.05, 3.63) is 29.8 Å². The maximum absolute atomic E-state index is 10.7. The Morgan fingerprint density at radius 1 is 1.29 bits per heavy atom. The first kappa shape index (κ1) is 11.9. The zero-order valence-electron chi connectivity index (χ0n) is 9.24. The number of aliphatic hydroxyl groups is 1. The minimum Gasteiger partial charge on any atom is -0.488 e. The summed E-state index contributed by atoms with van der Waals surface area (Å²) in [6.45, 7) is 0. The van der Waals surface area contributed by atoms with Crippen molar-refractivity contribution >= 4 is 5.97 Å². The summed E-state index contributed by atoms with van der Waals surface area (Å²) in [5.41, 5.74) is 5.89. The van der Waals surface area contributed by atoms with E-state index in [0.29, 0.717) is 12.2 Å². The highest BCUT2D eigenvalue weighted by Gasteiger charge is 2.33. The second kappa shape index (κ2) is 4.73. The van der Waals surface area contributed by atoms with Crippen LogP contribution >= 0.6 is 0 Å². The summed E-state index contributed by atoms with van der Waals surface area (Å²) < 4.78 is 5.57. The van der Waals surface area contributed by atoms with Gasteiger partial charge in [0.05, 0.1) is 5.56 Å². The monoisotopic (exact) mass is 237 g/mol. The van der Waals surface area contributed by atoms with E-state index >= 15 is 0 Å². The minimum absolute atomic E-state index is 0.209. The van der Waals surface area contributed by atoms with Crippen LogP contribution in [-0.4, -0.2) is 34.4 Å². The minimum atomic E-state index is -0.973. The smallest absolute Gasteiger partial charge is 0.335 e. The average molecular weight is 237 g/mol. The summed E-state index contributed by atoms with van der Waals surface area (Å²) in [4.78, 5) is 10.7. The molecule has 3 unspecified atom stereocenters. The summed E-state index contributed by atoms with van der Waals surface area (Å²) in [6, 6.07) is 5.87. The number of ether oxygens (including phenoxy) is 1. The van der Waals surface area contributed by atoms with Gasteiger partial charge in [-0.05, 0) is 37.1 Å². The zero-order chi connectivity index (χ0) is 12.4. The molecule has 3 atom stereocenters.